The molecule has 1 aromatic heterocycles. The van der Waals surface area contributed by atoms with Gasteiger partial charge in [-0.2, -0.15) is 13.2 Å². The molecule has 0 spiro atoms. The van der Waals surface area contributed by atoms with Gasteiger partial charge in [-0.25, -0.2) is 4.98 Å². The number of imidazole rings is 1. The van der Waals surface area contributed by atoms with E-state index in [1.807, 2.05) is 25.5 Å². The summed E-state index contributed by atoms with van der Waals surface area (Å²) in [6, 6.07) is -0.252. The topological polar surface area (TPSA) is 50.2 Å². The number of nitrogens with zero attached hydrogens (tertiary/aromatic N) is 3. The Balaban J connectivity index is 0.00000288. The molecule has 10 heteroatoms. The van der Waals surface area contributed by atoms with Crippen LogP contribution >= 0.6 is 24.8 Å². The third-order valence-electron chi connectivity index (χ3n) is 4.31. The Bertz CT molecular complexity index is 551. The standard InChI is InChI=1S/C15H23F3N4O.2ClH/c1-10(2)12-7-22(6-11-5-19-9-21(11)3)8-13(12)20-14(23)4-15(16,17)18;;/h5,9-10,12-13H,4,6-8H2,1-3H3,(H,20,23);2*1H/t12-,13+;;/m1../s1. The van der Waals surface area contributed by atoms with E-state index >= 15 is 0 Å². The third kappa shape index (κ3) is 7.03. The second-order valence-electron chi connectivity index (χ2n) is 6.56. The molecule has 1 amide bonds. The van der Waals surface area contributed by atoms with Crippen molar-refractivity contribution in [3.8, 4) is 0 Å². The molecule has 0 radical (unpaired) electrons. The fraction of sp³-hybridized carbons (Fsp3) is 0.733. The SMILES string of the molecule is CC(C)[C@H]1CN(Cc2cncn2C)C[C@@H]1NC(=O)CC(F)(F)F.Cl.Cl. The van der Waals surface area contributed by atoms with Crippen molar-refractivity contribution in [1.29, 1.82) is 0 Å². The molecule has 0 aliphatic carbocycles. The second-order valence-corrected chi connectivity index (χ2v) is 6.56. The molecule has 0 unspecified atom stereocenters. The maximum absolute atomic E-state index is 12.3. The maximum Gasteiger partial charge on any atom is 0.397 e. The maximum atomic E-state index is 12.3. The summed E-state index contributed by atoms with van der Waals surface area (Å²) in [4.78, 5) is 17.8. The highest BCUT2D eigenvalue weighted by atomic mass is 35.5. The highest BCUT2D eigenvalue weighted by molar-refractivity contribution is 5.85. The van der Waals surface area contributed by atoms with Crippen LogP contribution in [0, 0.1) is 11.8 Å². The summed E-state index contributed by atoms with van der Waals surface area (Å²) in [6.45, 7) is 6.03. The lowest BCUT2D eigenvalue weighted by Crippen LogP contribution is -2.43. The zero-order valence-electron chi connectivity index (χ0n) is 14.4. The van der Waals surface area contributed by atoms with Crippen LogP contribution in [-0.4, -0.2) is 45.7 Å². The molecule has 1 aliphatic rings. The molecule has 5 nitrogen and oxygen atoms in total. The average molecular weight is 405 g/mol. The average Bonchev–Trinajstić information content (AvgIpc) is 2.95. The summed E-state index contributed by atoms with van der Waals surface area (Å²) in [5, 5.41) is 2.57. The van der Waals surface area contributed by atoms with E-state index in [0.717, 1.165) is 12.2 Å². The molecule has 0 aromatic carbocycles. The Kier molecular flexibility index (Phi) is 9.26. The molecule has 2 rings (SSSR count). The molecule has 25 heavy (non-hydrogen) atoms. The number of aromatic nitrogens is 2. The van der Waals surface area contributed by atoms with E-state index in [1.54, 1.807) is 12.5 Å². The summed E-state index contributed by atoms with van der Waals surface area (Å²) in [5.41, 5.74) is 1.04. The number of amides is 1. The van der Waals surface area contributed by atoms with Crippen molar-refractivity contribution < 1.29 is 18.0 Å². The van der Waals surface area contributed by atoms with Crippen molar-refractivity contribution in [3.63, 3.8) is 0 Å². The molecular formula is C15H25Cl2F3N4O. The van der Waals surface area contributed by atoms with Gasteiger partial charge in [-0.05, 0) is 11.8 Å². The highest BCUT2D eigenvalue weighted by Crippen LogP contribution is 2.26. The second kappa shape index (κ2) is 9.64. The summed E-state index contributed by atoms with van der Waals surface area (Å²) < 4.78 is 38.9. The van der Waals surface area contributed by atoms with Crippen molar-refractivity contribution in [3.05, 3.63) is 18.2 Å². The number of hydrogen-bond donors (Lipinski definition) is 1. The van der Waals surface area contributed by atoms with Gasteiger partial charge in [0.05, 0.1) is 12.0 Å². The zero-order valence-corrected chi connectivity index (χ0v) is 16.0. The largest absolute Gasteiger partial charge is 0.397 e. The first-order valence-electron chi connectivity index (χ1n) is 7.69. The fourth-order valence-corrected chi connectivity index (χ4v) is 3.08. The lowest BCUT2D eigenvalue weighted by molar-refractivity contribution is -0.154. The number of rotatable bonds is 5. The smallest absolute Gasteiger partial charge is 0.351 e. The van der Waals surface area contributed by atoms with Gasteiger partial charge in [0.25, 0.3) is 0 Å². The van der Waals surface area contributed by atoms with Crippen molar-refractivity contribution in [2.75, 3.05) is 13.1 Å². The third-order valence-corrected chi connectivity index (χ3v) is 4.31. The van der Waals surface area contributed by atoms with Crippen molar-refractivity contribution in [2.24, 2.45) is 18.9 Å². The van der Waals surface area contributed by atoms with Gasteiger partial charge < -0.3 is 9.88 Å². The molecule has 1 saturated heterocycles. The van der Waals surface area contributed by atoms with Crippen LogP contribution in [0.15, 0.2) is 12.5 Å². The molecular weight excluding hydrogens is 380 g/mol. The fourth-order valence-electron chi connectivity index (χ4n) is 3.08. The minimum Gasteiger partial charge on any atom is -0.351 e. The van der Waals surface area contributed by atoms with Crippen LogP contribution in [0.4, 0.5) is 13.2 Å². The summed E-state index contributed by atoms with van der Waals surface area (Å²) >= 11 is 0. The van der Waals surface area contributed by atoms with Crippen molar-refractivity contribution in [2.45, 2.75) is 39.0 Å². The number of carbonyl (C=O) groups is 1. The van der Waals surface area contributed by atoms with Crippen LogP contribution in [0.1, 0.15) is 26.0 Å². The first kappa shape index (κ1) is 24.0. The lowest BCUT2D eigenvalue weighted by Gasteiger charge is -2.23. The van der Waals surface area contributed by atoms with E-state index in [1.165, 1.54) is 0 Å². The van der Waals surface area contributed by atoms with Crippen LogP contribution in [-0.2, 0) is 18.4 Å². The highest BCUT2D eigenvalue weighted by Gasteiger charge is 2.38. The monoisotopic (exact) mass is 404 g/mol. The molecule has 2 atom stereocenters. The van der Waals surface area contributed by atoms with Gasteiger partial charge in [-0.15, -0.1) is 24.8 Å². The van der Waals surface area contributed by atoms with E-state index < -0.39 is 18.5 Å². The Morgan fingerprint density at radius 2 is 2.00 bits per heavy atom. The first-order chi connectivity index (χ1) is 10.7. The minimum atomic E-state index is -4.47. The van der Waals surface area contributed by atoms with E-state index in [-0.39, 0.29) is 42.7 Å². The van der Waals surface area contributed by atoms with Crippen LogP contribution < -0.4 is 5.32 Å². The van der Waals surface area contributed by atoms with Gasteiger partial charge in [-0.3, -0.25) is 9.69 Å². The number of aryl methyl sites for hydroxylation is 1. The number of likely N-dealkylation sites (tertiary alicyclic amines) is 1. The Hall–Kier alpha value is -0.990. The van der Waals surface area contributed by atoms with Gasteiger partial charge in [-0.1, -0.05) is 13.8 Å². The van der Waals surface area contributed by atoms with Crippen LogP contribution in [0.5, 0.6) is 0 Å². The summed E-state index contributed by atoms with van der Waals surface area (Å²) in [6.07, 6.45) is -2.39. The number of nitrogens with one attached hydrogen (secondary N) is 1. The molecule has 1 N–H and O–H groups in total. The van der Waals surface area contributed by atoms with E-state index in [4.69, 9.17) is 0 Å². The van der Waals surface area contributed by atoms with Crippen molar-refractivity contribution >= 4 is 30.7 Å². The van der Waals surface area contributed by atoms with E-state index in [0.29, 0.717) is 13.1 Å². The predicted molar refractivity (Wildman–Crippen MR) is 93.9 cm³/mol. The first-order valence-corrected chi connectivity index (χ1v) is 7.69. The Morgan fingerprint density at radius 3 is 2.48 bits per heavy atom. The molecule has 0 saturated carbocycles. The van der Waals surface area contributed by atoms with Crippen LogP contribution in [0.25, 0.3) is 0 Å². The van der Waals surface area contributed by atoms with Gasteiger partial charge in [0, 0.05) is 38.9 Å². The zero-order chi connectivity index (χ0) is 17.2. The quantitative estimate of drug-likeness (QED) is 0.820. The van der Waals surface area contributed by atoms with Crippen LogP contribution in [0.2, 0.25) is 0 Å². The van der Waals surface area contributed by atoms with Gasteiger partial charge >= 0.3 is 6.18 Å². The Morgan fingerprint density at radius 1 is 1.36 bits per heavy atom. The van der Waals surface area contributed by atoms with Gasteiger partial charge in [0.2, 0.25) is 5.91 Å². The number of carbonyl (C=O) groups excluding carboxylic acids is 1. The van der Waals surface area contributed by atoms with E-state index in [2.05, 4.69) is 15.2 Å². The molecule has 146 valence electrons. The summed E-state index contributed by atoms with van der Waals surface area (Å²) in [5.74, 6) is -0.529. The number of hydrogen-bond acceptors (Lipinski definition) is 3. The molecule has 0 bridgehead atoms. The molecule has 1 aliphatic heterocycles. The van der Waals surface area contributed by atoms with Gasteiger partial charge in [0.1, 0.15) is 6.42 Å². The van der Waals surface area contributed by atoms with E-state index in [9.17, 15) is 18.0 Å². The molecule has 2 heterocycles. The lowest BCUT2D eigenvalue weighted by atomic mass is 9.91. The number of halogens is 5. The summed E-state index contributed by atoms with van der Waals surface area (Å²) in [7, 11) is 1.90. The minimum absolute atomic E-state index is 0. The predicted octanol–water partition coefficient (Wildman–Crippen LogP) is 2.79. The van der Waals surface area contributed by atoms with Gasteiger partial charge in [0.15, 0.2) is 0 Å². The van der Waals surface area contributed by atoms with Crippen LogP contribution in [0.3, 0.4) is 0 Å². The number of alkyl halides is 3. The molecule has 1 aromatic rings. The molecule has 1 fully saturated rings. The Labute approximate surface area is 158 Å². The van der Waals surface area contributed by atoms with Crippen molar-refractivity contribution in [1.82, 2.24) is 19.8 Å². The normalized spacial score (nSPS) is 20.9.